The summed E-state index contributed by atoms with van der Waals surface area (Å²) in [6.45, 7) is 5.84. The molecule has 0 aliphatic carbocycles. The van der Waals surface area contributed by atoms with Crippen LogP contribution in [0.15, 0.2) is 71.6 Å². The summed E-state index contributed by atoms with van der Waals surface area (Å²) in [5.41, 5.74) is 0.647. The first-order valence-corrected chi connectivity index (χ1v) is 13.1. The van der Waals surface area contributed by atoms with Crippen LogP contribution in [0, 0.1) is 5.92 Å². The van der Waals surface area contributed by atoms with Gasteiger partial charge in [0.25, 0.3) is 0 Å². The van der Waals surface area contributed by atoms with Crippen molar-refractivity contribution >= 4 is 30.9 Å². The van der Waals surface area contributed by atoms with Crippen molar-refractivity contribution in [2.24, 2.45) is 5.92 Å². The quantitative estimate of drug-likeness (QED) is 0.441. The lowest BCUT2D eigenvalue weighted by Gasteiger charge is -2.25. The summed E-state index contributed by atoms with van der Waals surface area (Å²) in [4.78, 5) is 0.257. The van der Waals surface area contributed by atoms with E-state index in [9.17, 15) is 16.8 Å². The van der Waals surface area contributed by atoms with Crippen LogP contribution in [0.1, 0.15) is 26.3 Å². The molecule has 0 aromatic heterocycles. The van der Waals surface area contributed by atoms with Crippen LogP contribution in [0.4, 0.5) is 0 Å². The summed E-state index contributed by atoms with van der Waals surface area (Å²) in [6, 6.07) is 19.2. The van der Waals surface area contributed by atoms with Gasteiger partial charge in [0.2, 0.25) is 10.0 Å². The van der Waals surface area contributed by atoms with Crippen molar-refractivity contribution in [2.45, 2.75) is 32.2 Å². The van der Waals surface area contributed by atoms with E-state index >= 15 is 0 Å². The maximum atomic E-state index is 13.6. The van der Waals surface area contributed by atoms with E-state index in [2.05, 4.69) is 0 Å². The summed E-state index contributed by atoms with van der Waals surface area (Å²) in [5.74, 6) is 0.127. The second kappa shape index (κ2) is 9.38. The molecule has 0 amide bonds. The van der Waals surface area contributed by atoms with E-state index in [0.29, 0.717) is 17.5 Å². The molecular weight excluding hydrogens is 434 g/mol. The number of rotatable bonds is 9. The van der Waals surface area contributed by atoms with Crippen molar-refractivity contribution in [3.05, 3.63) is 72.3 Å². The van der Waals surface area contributed by atoms with Gasteiger partial charge in [0.05, 0.1) is 10.6 Å². The first-order chi connectivity index (χ1) is 14.6. The fourth-order valence-electron chi connectivity index (χ4n) is 3.32. The molecule has 3 aromatic rings. The lowest BCUT2D eigenvalue weighted by Crippen LogP contribution is -2.34. The van der Waals surface area contributed by atoms with Crippen molar-refractivity contribution in [2.75, 3.05) is 12.3 Å². The topological polar surface area (TPSA) is 80.8 Å². The molecule has 0 radical (unpaired) electrons. The highest BCUT2D eigenvalue weighted by Crippen LogP contribution is 2.28. The Morgan fingerprint density at radius 1 is 0.903 bits per heavy atom. The standard InChI is InChI=1S/C23H27NO5S2/c1-4-30(25,26)29-21-12-7-9-19(15-21)17-24(16-18(2)3)31(27,28)23-14-8-11-20-10-5-6-13-22(20)23/h5-15,18H,4,16-17H2,1-3H3. The van der Waals surface area contributed by atoms with E-state index in [1.165, 1.54) is 11.2 Å². The highest BCUT2D eigenvalue weighted by molar-refractivity contribution is 7.89. The maximum Gasteiger partial charge on any atom is 0.308 e. The van der Waals surface area contributed by atoms with Gasteiger partial charge in [-0.3, -0.25) is 0 Å². The molecule has 3 aromatic carbocycles. The van der Waals surface area contributed by atoms with E-state index in [1.807, 2.05) is 38.1 Å². The molecule has 0 N–H and O–H groups in total. The third-order valence-corrected chi connectivity index (χ3v) is 7.79. The molecule has 0 aliphatic rings. The number of fused-ring (bicyclic) bond motifs is 1. The van der Waals surface area contributed by atoms with Crippen LogP contribution in [0.5, 0.6) is 5.75 Å². The van der Waals surface area contributed by atoms with Gasteiger partial charge >= 0.3 is 10.1 Å². The van der Waals surface area contributed by atoms with Gasteiger partial charge in [-0.1, -0.05) is 62.4 Å². The molecule has 8 heteroatoms. The Labute approximate surface area is 184 Å². The zero-order valence-corrected chi connectivity index (χ0v) is 19.5. The van der Waals surface area contributed by atoms with Crippen LogP contribution in [0.3, 0.4) is 0 Å². The number of benzene rings is 3. The highest BCUT2D eigenvalue weighted by atomic mass is 32.2. The SMILES string of the molecule is CCS(=O)(=O)Oc1cccc(CN(CC(C)C)S(=O)(=O)c2cccc3ccccc23)c1. The van der Waals surface area contributed by atoms with Gasteiger partial charge in [0, 0.05) is 18.5 Å². The zero-order chi connectivity index (χ0) is 22.6. The van der Waals surface area contributed by atoms with Crippen LogP contribution < -0.4 is 4.18 Å². The van der Waals surface area contributed by atoms with E-state index < -0.39 is 20.1 Å². The largest absolute Gasteiger partial charge is 0.382 e. The van der Waals surface area contributed by atoms with Crippen molar-refractivity contribution in [3.63, 3.8) is 0 Å². The number of sulfonamides is 1. The molecule has 0 unspecified atom stereocenters. The summed E-state index contributed by atoms with van der Waals surface area (Å²) >= 11 is 0. The average molecular weight is 462 g/mol. The Kier molecular flexibility index (Phi) is 7.03. The maximum absolute atomic E-state index is 13.6. The lowest BCUT2D eigenvalue weighted by atomic mass is 10.1. The fraction of sp³-hybridized carbons (Fsp3) is 0.304. The number of hydrogen-bond donors (Lipinski definition) is 0. The lowest BCUT2D eigenvalue weighted by molar-refractivity contribution is 0.362. The van der Waals surface area contributed by atoms with Crippen LogP contribution in [0.2, 0.25) is 0 Å². The Bertz CT molecular complexity index is 1260. The van der Waals surface area contributed by atoms with Gasteiger partial charge in [-0.05, 0) is 42.0 Å². The van der Waals surface area contributed by atoms with E-state index in [0.717, 1.165) is 5.39 Å². The molecule has 3 rings (SSSR count). The molecule has 0 saturated carbocycles. The molecule has 0 heterocycles. The number of nitrogens with zero attached hydrogens (tertiary/aromatic N) is 1. The Morgan fingerprint density at radius 3 is 2.29 bits per heavy atom. The zero-order valence-electron chi connectivity index (χ0n) is 17.9. The third-order valence-electron chi connectivity index (χ3n) is 4.77. The normalized spacial score (nSPS) is 12.5. The first-order valence-electron chi connectivity index (χ1n) is 10.1. The predicted molar refractivity (Wildman–Crippen MR) is 123 cm³/mol. The van der Waals surface area contributed by atoms with Crippen LogP contribution in [-0.4, -0.2) is 33.4 Å². The highest BCUT2D eigenvalue weighted by Gasteiger charge is 2.27. The molecule has 0 atom stereocenters. The Balaban J connectivity index is 1.99. The molecule has 0 spiro atoms. The van der Waals surface area contributed by atoms with Gasteiger partial charge < -0.3 is 4.18 Å². The van der Waals surface area contributed by atoms with Gasteiger partial charge in [0.15, 0.2) is 0 Å². The van der Waals surface area contributed by atoms with Crippen molar-refractivity contribution in [3.8, 4) is 5.75 Å². The Hall–Kier alpha value is -2.42. The van der Waals surface area contributed by atoms with Crippen molar-refractivity contribution in [1.29, 1.82) is 0 Å². The van der Waals surface area contributed by atoms with E-state index in [-0.39, 0.29) is 28.9 Å². The van der Waals surface area contributed by atoms with Gasteiger partial charge in [-0.2, -0.15) is 12.7 Å². The molecule has 0 bridgehead atoms. The molecule has 166 valence electrons. The van der Waals surface area contributed by atoms with Crippen LogP contribution in [-0.2, 0) is 26.7 Å². The summed E-state index contributed by atoms with van der Waals surface area (Å²) < 4.78 is 57.4. The second-order valence-corrected chi connectivity index (χ2v) is 11.5. The molecular formula is C23H27NO5S2. The van der Waals surface area contributed by atoms with Gasteiger partial charge in [-0.15, -0.1) is 0 Å². The second-order valence-electron chi connectivity index (χ2n) is 7.75. The molecule has 31 heavy (non-hydrogen) atoms. The van der Waals surface area contributed by atoms with E-state index in [1.54, 1.807) is 42.5 Å². The smallest absolute Gasteiger partial charge is 0.308 e. The predicted octanol–water partition coefficient (Wildman–Crippen LogP) is 4.42. The first kappa shape index (κ1) is 23.2. The van der Waals surface area contributed by atoms with Gasteiger partial charge in [-0.25, -0.2) is 8.42 Å². The molecule has 6 nitrogen and oxygen atoms in total. The fourth-order valence-corrected chi connectivity index (χ4v) is 5.64. The third kappa shape index (κ3) is 5.64. The van der Waals surface area contributed by atoms with Crippen molar-refractivity contribution < 1.29 is 21.0 Å². The van der Waals surface area contributed by atoms with Crippen molar-refractivity contribution in [1.82, 2.24) is 4.31 Å². The van der Waals surface area contributed by atoms with Crippen LogP contribution >= 0.6 is 0 Å². The average Bonchev–Trinajstić information content (AvgIpc) is 2.72. The summed E-state index contributed by atoms with van der Waals surface area (Å²) in [5, 5.41) is 1.53. The van der Waals surface area contributed by atoms with E-state index in [4.69, 9.17) is 4.18 Å². The minimum atomic E-state index is -3.80. The summed E-state index contributed by atoms with van der Waals surface area (Å²) in [7, 11) is -7.46. The number of hydrogen-bond acceptors (Lipinski definition) is 5. The molecule has 0 saturated heterocycles. The summed E-state index contributed by atoms with van der Waals surface area (Å²) in [6.07, 6.45) is 0. The Morgan fingerprint density at radius 2 is 1.58 bits per heavy atom. The molecule has 0 fully saturated rings. The minimum absolute atomic E-state index is 0.102. The monoisotopic (exact) mass is 461 g/mol. The van der Waals surface area contributed by atoms with Crippen LogP contribution in [0.25, 0.3) is 10.8 Å². The molecule has 0 aliphatic heterocycles. The minimum Gasteiger partial charge on any atom is -0.382 e. The van der Waals surface area contributed by atoms with Gasteiger partial charge in [0.1, 0.15) is 5.75 Å².